The first-order valence-corrected chi connectivity index (χ1v) is 6.43. The van der Waals surface area contributed by atoms with E-state index in [1.165, 1.54) is 18.2 Å². The standard InChI is InChI=1S/C13H12BrFN2O2/c1-7-8(2)19-12(17-7)6-16-13(18)9-3-4-10(14)11(15)5-9/h3-5H,6H2,1-2H3,(H,16,18). The number of hydrogen-bond donors (Lipinski definition) is 1. The second kappa shape index (κ2) is 5.52. The van der Waals surface area contributed by atoms with E-state index < -0.39 is 5.82 Å². The Bertz CT molecular complexity index is 606. The molecule has 1 N–H and O–H groups in total. The summed E-state index contributed by atoms with van der Waals surface area (Å²) in [6.45, 7) is 3.80. The lowest BCUT2D eigenvalue weighted by Gasteiger charge is -2.03. The molecule has 0 aliphatic carbocycles. The van der Waals surface area contributed by atoms with Gasteiger partial charge in [0.05, 0.1) is 16.7 Å². The molecule has 0 saturated heterocycles. The SMILES string of the molecule is Cc1nc(CNC(=O)c2ccc(Br)c(F)c2)oc1C. The van der Waals surface area contributed by atoms with E-state index in [1.807, 2.05) is 6.92 Å². The van der Waals surface area contributed by atoms with Crippen molar-refractivity contribution in [2.45, 2.75) is 20.4 Å². The lowest BCUT2D eigenvalue weighted by Crippen LogP contribution is -2.23. The van der Waals surface area contributed by atoms with E-state index in [0.29, 0.717) is 10.4 Å². The van der Waals surface area contributed by atoms with Gasteiger partial charge in [-0.05, 0) is 48.0 Å². The van der Waals surface area contributed by atoms with Gasteiger partial charge in [0.15, 0.2) is 0 Å². The molecule has 2 rings (SSSR count). The van der Waals surface area contributed by atoms with E-state index in [9.17, 15) is 9.18 Å². The Kier molecular flexibility index (Phi) is 3.99. The van der Waals surface area contributed by atoms with Crippen LogP contribution in [0.4, 0.5) is 4.39 Å². The van der Waals surface area contributed by atoms with Crippen LogP contribution in [0.5, 0.6) is 0 Å². The summed E-state index contributed by atoms with van der Waals surface area (Å²) in [6.07, 6.45) is 0. The molecule has 0 unspecified atom stereocenters. The van der Waals surface area contributed by atoms with Crippen LogP contribution in [-0.4, -0.2) is 10.9 Å². The van der Waals surface area contributed by atoms with E-state index in [1.54, 1.807) is 6.92 Å². The number of halogens is 2. The Morgan fingerprint density at radius 1 is 1.47 bits per heavy atom. The number of oxazole rings is 1. The minimum atomic E-state index is -0.476. The molecular weight excluding hydrogens is 315 g/mol. The molecule has 1 aromatic heterocycles. The predicted molar refractivity (Wildman–Crippen MR) is 71.2 cm³/mol. The van der Waals surface area contributed by atoms with Gasteiger partial charge in [-0.3, -0.25) is 4.79 Å². The molecular formula is C13H12BrFN2O2. The number of nitrogens with zero attached hydrogens (tertiary/aromatic N) is 1. The molecule has 4 nitrogen and oxygen atoms in total. The molecule has 1 amide bonds. The summed E-state index contributed by atoms with van der Waals surface area (Å²) in [6, 6.07) is 4.20. The van der Waals surface area contributed by atoms with Crippen molar-refractivity contribution < 1.29 is 13.6 Å². The van der Waals surface area contributed by atoms with Gasteiger partial charge in [0.2, 0.25) is 5.89 Å². The van der Waals surface area contributed by atoms with Gasteiger partial charge in [-0.25, -0.2) is 9.37 Å². The smallest absolute Gasteiger partial charge is 0.251 e. The van der Waals surface area contributed by atoms with Crippen LogP contribution in [0.2, 0.25) is 0 Å². The first kappa shape index (κ1) is 13.7. The van der Waals surface area contributed by atoms with E-state index >= 15 is 0 Å². The Hall–Kier alpha value is -1.69. The molecule has 0 atom stereocenters. The molecule has 0 bridgehead atoms. The molecule has 0 radical (unpaired) electrons. The number of carbonyl (C=O) groups excluding carboxylic acids is 1. The number of nitrogens with one attached hydrogen (secondary N) is 1. The third-order valence-corrected chi connectivity index (χ3v) is 3.30. The van der Waals surface area contributed by atoms with Crippen LogP contribution in [0.25, 0.3) is 0 Å². The summed E-state index contributed by atoms with van der Waals surface area (Å²) >= 11 is 3.03. The molecule has 0 spiro atoms. The Balaban J connectivity index is 2.03. The fourth-order valence-corrected chi connectivity index (χ4v) is 1.76. The van der Waals surface area contributed by atoms with Gasteiger partial charge in [-0.2, -0.15) is 0 Å². The van der Waals surface area contributed by atoms with Crippen molar-refractivity contribution in [3.05, 3.63) is 51.4 Å². The summed E-state index contributed by atoms with van der Waals surface area (Å²) < 4.78 is 19.0. The summed E-state index contributed by atoms with van der Waals surface area (Å²) in [5, 5.41) is 2.63. The van der Waals surface area contributed by atoms with Crippen LogP contribution in [0.1, 0.15) is 27.7 Å². The summed E-state index contributed by atoms with van der Waals surface area (Å²) in [5.41, 5.74) is 1.04. The molecule has 2 aromatic rings. The second-order valence-corrected chi connectivity index (χ2v) is 4.92. The van der Waals surface area contributed by atoms with Crippen LogP contribution in [0.3, 0.4) is 0 Å². The Labute approximate surface area is 118 Å². The molecule has 6 heteroatoms. The molecule has 1 aromatic carbocycles. The van der Waals surface area contributed by atoms with E-state index in [4.69, 9.17) is 4.42 Å². The molecule has 0 fully saturated rings. The van der Waals surface area contributed by atoms with Crippen molar-refractivity contribution in [2.24, 2.45) is 0 Å². The van der Waals surface area contributed by atoms with E-state index in [0.717, 1.165) is 11.5 Å². The van der Waals surface area contributed by atoms with Crippen molar-refractivity contribution in [3.8, 4) is 0 Å². The first-order valence-electron chi connectivity index (χ1n) is 5.63. The zero-order valence-electron chi connectivity index (χ0n) is 10.5. The van der Waals surface area contributed by atoms with Gasteiger partial charge < -0.3 is 9.73 Å². The Morgan fingerprint density at radius 3 is 2.79 bits per heavy atom. The number of hydrogen-bond acceptors (Lipinski definition) is 3. The number of aryl methyl sites for hydroxylation is 2. The maximum absolute atomic E-state index is 13.3. The van der Waals surface area contributed by atoms with Crippen LogP contribution in [0, 0.1) is 19.7 Å². The van der Waals surface area contributed by atoms with Crippen LogP contribution >= 0.6 is 15.9 Å². The predicted octanol–water partition coefficient (Wildman–Crippen LogP) is 3.12. The molecule has 1 heterocycles. The molecule has 0 aliphatic rings. The molecule has 0 saturated carbocycles. The Morgan fingerprint density at radius 2 is 2.21 bits per heavy atom. The first-order chi connectivity index (χ1) is 8.97. The highest BCUT2D eigenvalue weighted by Crippen LogP contribution is 2.16. The average Bonchev–Trinajstić information content (AvgIpc) is 2.69. The van der Waals surface area contributed by atoms with E-state index in [-0.39, 0.29) is 18.0 Å². The van der Waals surface area contributed by atoms with Crippen molar-refractivity contribution >= 4 is 21.8 Å². The lowest BCUT2D eigenvalue weighted by atomic mass is 10.2. The van der Waals surface area contributed by atoms with Crippen molar-refractivity contribution in [1.82, 2.24) is 10.3 Å². The monoisotopic (exact) mass is 326 g/mol. The quantitative estimate of drug-likeness (QED) is 0.942. The highest BCUT2D eigenvalue weighted by Gasteiger charge is 2.11. The van der Waals surface area contributed by atoms with Crippen molar-refractivity contribution in [1.29, 1.82) is 0 Å². The highest BCUT2D eigenvalue weighted by atomic mass is 79.9. The zero-order valence-corrected chi connectivity index (χ0v) is 12.0. The van der Waals surface area contributed by atoms with Crippen LogP contribution in [0.15, 0.2) is 27.1 Å². The minimum absolute atomic E-state index is 0.172. The van der Waals surface area contributed by atoms with Gasteiger partial charge in [0, 0.05) is 5.56 Å². The summed E-state index contributed by atoms with van der Waals surface area (Å²) in [7, 11) is 0. The highest BCUT2D eigenvalue weighted by molar-refractivity contribution is 9.10. The number of aromatic nitrogens is 1. The van der Waals surface area contributed by atoms with Gasteiger partial charge in [-0.1, -0.05) is 0 Å². The minimum Gasteiger partial charge on any atom is -0.444 e. The third kappa shape index (κ3) is 3.20. The maximum Gasteiger partial charge on any atom is 0.251 e. The van der Waals surface area contributed by atoms with Gasteiger partial charge >= 0.3 is 0 Å². The summed E-state index contributed by atoms with van der Waals surface area (Å²) in [5.74, 6) is 0.301. The van der Waals surface area contributed by atoms with Crippen molar-refractivity contribution in [2.75, 3.05) is 0 Å². The maximum atomic E-state index is 13.3. The number of benzene rings is 1. The topological polar surface area (TPSA) is 55.1 Å². The van der Waals surface area contributed by atoms with Gasteiger partial charge in [-0.15, -0.1) is 0 Å². The fourth-order valence-electron chi connectivity index (χ4n) is 1.51. The second-order valence-electron chi connectivity index (χ2n) is 4.06. The molecule has 19 heavy (non-hydrogen) atoms. The van der Waals surface area contributed by atoms with Crippen LogP contribution < -0.4 is 5.32 Å². The third-order valence-electron chi connectivity index (χ3n) is 2.65. The van der Waals surface area contributed by atoms with Crippen molar-refractivity contribution in [3.63, 3.8) is 0 Å². The van der Waals surface area contributed by atoms with Gasteiger partial charge in [0.25, 0.3) is 5.91 Å². The van der Waals surface area contributed by atoms with E-state index in [2.05, 4.69) is 26.2 Å². The summed E-state index contributed by atoms with van der Waals surface area (Å²) in [4.78, 5) is 16.0. The fraction of sp³-hybridized carbons (Fsp3) is 0.231. The molecule has 100 valence electrons. The van der Waals surface area contributed by atoms with Gasteiger partial charge in [0.1, 0.15) is 11.6 Å². The lowest BCUT2D eigenvalue weighted by molar-refractivity contribution is 0.0946. The largest absolute Gasteiger partial charge is 0.444 e. The molecule has 0 aliphatic heterocycles. The number of rotatable bonds is 3. The van der Waals surface area contributed by atoms with Crippen LogP contribution in [-0.2, 0) is 6.54 Å². The number of amides is 1. The zero-order chi connectivity index (χ0) is 14.0. The number of carbonyl (C=O) groups is 1. The normalized spacial score (nSPS) is 10.5. The average molecular weight is 327 g/mol.